The smallest absolute Gasteiger partial charge is 0.207 e. The molecule has 0 radical (unpaired) electrons. The van der Waals surface area contributed by atoms with Crippen molar-refractivity contribution in [3.8, 4) is 10.4 Å². The van der Waals surface area contributed by atoms with Gasteiger partial charge in [-0.25, -0.2) is 9.97 Å². The zero-order chi connectivity index (χ0) is 24.0. The van der Waals surface area contributed by atoms with Gasteiger partial charge < -0.3 is 15.5 Å². The van der Waals surface area contributed by atoms with E-state index in [2.05, 4.69) is 86.3 Å². The molecule has 0 atom stereocenters. The van der Waals surface area contributed by atoms with Crippen molar-refractivity contribution in [1.29, 1.82) is 0 Å². The van der Waals surface area contributed by atoms with Crippen LogP contribution in [-0.4, -0.2) is 42.6 Å². The number of amides is 1. The number of nitrogens with one attached hydrogen (secondary N) is 2. The number of nitrogens with zero attached hydrogens (tertiary/aromatic N) is 3. The maximum atomic E-state index is 10.1. The molecule has 0 aliphatic carbocycles. The molecule has 2 aromatic carbocycles. The number of benzene rings is 2. The SMILES string of the molecule is Cc1ccc(-c2cc3c(N4CCNCC4)ncnc3s2)cc1.O=CNCc1ccc2sccc2c1.[HH].[HH]. The summed E-state index contributed by atoms with van der Waals surface area (Å²) in [5.74, 6) is 1.07. The number of rotatable bonds is 5. The van der Waals surface area contributed by atoms with Gasteiger partial charge in [0.2, 0.25) is 6.41 Å². The first-order valence-electron chi connectivity index (χ1n) is 11.6. The van der Waals surface area contributed by atoms with Crippen LogP contribution >= 0.6 is 22.7 Å². The number of aryl methyl sites for hydroxylation is 1. The molecule has 2 N–H and O–H groups in total. The predicted octanol–water partition coefficient (Wildman–Crippen LogP) is 5.72. The van der Waals surface area contributed by atoms with Crippen molar-refractivity contribution in [3.63, 3.8) is 0 Å². The van der Waals surface area contributed by atoms with Crippen LogP contribution in [0.3, 0.4) is 0 Å². The molecule has 1 saturated heterocycles. The van der Waals surface area contributed by atoms with Crippen LogP contribution in [0.4, 0.5) is 5.82 Å². The van der Waals surface area contributed by atoms with Crippen molar-refractivity contribution >= 4 is 55.2 Å². The lowest BCUT2D eigenvalue weighted by atomic mass is 10.1. The third-order valence-corrected chi connectivity index (χ3v) is 7.96. The fraction of sp³-hybridized carbons (Fsp3) is 0.222. The van der Waals surface area contributed by atoms with Crippen LogP contribution in [0.25, 0.3) is 30.7 Å². The Bertz CT molecular complexity index is 1430. The zero-order valence-electron chi connectivity index (χ0n) is 19.5. The second-order valence-electron chi connectivity index (χ2n) is 8.42. The number of hydrogen-bond donors (Lipinski definition) is 2. The lowest BCUT2D eigenvalue weighted by molar-refractivity contribution is -0.109. The molecule has 8 heteroatoms. The average molecular weight is 506 g/mol. The Labute approximate surface area is 215 Å². The molecule has 5 aromatic rings. The summed E-state index contributed by atoms with van der Waals surface area (Å²) in [5.41, 5.74) is 3.67. The van der Waals surface area contributed by atoms with E-state index in [1.165, 1.54) is 31.5 Å². The van der Waals surface area contributed by atoms with Gasteiger partial charge in [0.05, 0.1) is 5.39 Å². The van der Waals surface area contributed by atoms with Crippen LogP contribution in [0.2, 0.25) is 0 Å². The Balaban J connectivity index is 0.000000219. The number of carbonyl (C=O) groups excluding carboxylic acids is 1. The predicted molar refractivity (Wildman–Crippen MR) is 152 cm³/mol. The molecule has 6 nitrogen and oxygen atoms in total. The van der Waals surface area contributed by atoms with Gasteiger partial charge in [0.1, 0.15) is 17.0 Å². The van der Waals surface area contributed by atoms with Gasteiger partial charge in [-0.2, -0.15) is 0 Å². The van der Waals surface area contributed by atoms with Crippen LogP contribution in [0.1, 0.15) is 14.0 Å². The molecule has 4 heterocycles. The quantitative estimate of drug-likeness (QED) is 0.299. The van der Waals surface area contributed by atoms with E-state index in [0.29, 0.717) is 6.54 Å². The third-order valence-electron chi connectivity index (χ3n) is 5.97. The highest BCUT2D eigenvalue weighted by Gasteiger charge is 2.17. The van der Waals surface area contributed by atoms with Crippen molar-refractivity contribution in [2.24, 2.45) is 0 Å². The molecule has 1 aliphatic heterocycles. The molecule has 6 rings (SSSR count). The number of anilines is 1. The molecular formula is C27H31N5OS2. The van der Waals surface area contributed by atoms with Crippen molar-refractivity contribution < 1.29 is 7.65 Å². The van der Waals surface area contributed by atoms with E-state index in [0.717, 1.165) is 48.8 Å². The van der Waals surface area contributed by atoms with Gasteiger partial charge in [0, 0.05) is 45.2 Å². The third kappa shape index (κ3) is 5.51. The molecule has 0 saturated carbocycles. The first-order chi connectivity index (χ1) is 17.2. The minimum absolute atomic E-state index is 0. The Kier molecular flexibility index (Phi) is 7.32. The number of hydrogen-bond acceptors (Lipinski definition) is 7. The normalized spacial score (nSPS) is 13.5. The van der Waals surface area contributed by atoms with E-state index in [1.54, 1.807) is 29.0 Å². The largest absolute Gasteiger partial charge is 0.355 e. The van der Waals surface area contributed by atoms with Crippen LogP contribution in [0.5, 0.6) is 0 Å². The number of thiophene rings is 2. The lowest BCUT2D eigenvalue weighted by Gasteiger charge is -2.28. The molecule has 0 bridgehead atoms. The van der Waals surface area contributed by atoms with Gasteiger partial charge >= 0.3 is 0 Å². The maximum Gasteiger partial charge on any atom is 0.207 e. The van der Waals surface area contributed by atoms with E-state index in [9.17, 15) is 4.79 Å². The average Bonchev–Trinajstić information content (AvgIpc) is 3.55. The maximum absolute atomic E-state index is 10.1. The van der Waals surface area contributed by atoms with Gasteiger partial charge in [-0.15, -0.1) is 22.7 Å². The van der Waals surface area contributed by atoms with E-state index in [1.807, 2.05) is 6.07 Å². The van der Waals surface area contributed by atoms with E-state index in [4.69, 9.17) is 0 Å². The Morgan fingerprint density at radius 2 is 1.91 bits per heavy atom. The summed E-state index contributed by atoms with van der Waals surface area (Å²) >= 11 is 3.47. The number of carbonyl (C=O) groups is 1. The van der Waals surface area contributed by atoms with Crippen LogP contribution in [-0.2, 0) is 11.3 Å². The summed E-state index contributed by atoms with van der Waals surface area (Å²) < 4.78 is 1.29. The highest BCUT2D eigenvalue weighted by Crippen LogP contribution is 2.36. The molecule has 0 spiro atoms. The molecule has 0 unspecified atom stereocenters. The highest BCUT2D eigenvalue weighted by molar-refractivity contribution is 7.22. The fourth-order valence-corrected chi connectivity index (χ4v) is 5.89. The topological polar surface area (TPSA) is 70.1 Å². The second kappa shape index (κ2) is 10.9. The fourth-order valence-electron chi connectivity index (χ4n) is 4.12. The summed E-state index contributed by atoms with van der Waals surface area (Å²) in [6.07, 6.45) is 2.41. The van der Waals surface area contributed by atoms with Crippen molar-refractivity contribution in [1.82, 2.24) is 20.6 Å². The summed E-state index contributed by atoms with van der Waals surface area (Å²) in [6.45, 7) is 6.75. The van der Waals surface area contributed by atoms with Gasteiger partial charge in [0.15, 0.2) is 0 Å². The second-order valence-corrected chi connectivity index (χ2v) is 10.4. The van der Waals surface area contributed by atoms with Gasteiger partial charge in [-0.05, 0) is 53.1 Å². The number of aromatic nitrogens is 2. The standard InChI is InChI=1S/C17H18N4S.C10H9NOS.2H2/c1-12-2-4-13(5-3-12)15-10-14-16(19-11-20-17(14)22-15)21-8-6-18-7-9-21;12-7-11-6-8-1-2-10-9(5-8)3-4-13-10;;/h2-5,10-11,18H,6-9H2,1H3;1-5,7H,6H2,(H,11,12);2*1H. The highest BCUT2D eigenvalue weighted by atomic mass is 32.1. The van der Waals surface area contributed by atoms with E-state index in [-0.39, 0.29) is 2.85 Å². The van der Waals surface area contributed by atoms with Gasteiger partial charge in [0.25, 0.3) is 0 Å². The number of fused-ring (bicyclic) bond motifs is 2. The van der Waals surface area contributed by atoms with Crippen LogP contribution in [0.15, 0.2) is 66.3 Å². The molecule has 1 fully saturated rings. The first-order valence-corrected chi connectivity index (χ1v) is 13.3. The Morgan fingerprint density at radius 3 is 2.71 bits per heavy atom. The monoisotopic (exact) mass is 505 g/mol. The molecule has 1 aliphatic rings. The molecular weight excluding hydrogens is 474 g/mol. The Morgan fingerprint density at radius 1 is 1.09 bits per heavy atom. The Hall–Kier alpha value is -3.33. The van der Waals surface area contributed by atoms with Crippen molar-refractivity contribution in [2.45, 2.75) is 13.5 Å². The van der Waals surface area contributed by atoms with Crippen molar-refractivity contribution in [2.75, 3.05) is 31.1 Å². The summed E-state index contributed by atoms with van der Waals surface area (Å²) in [5, 5.41) is 10.5. The molecule has 3 aromatic heterocycles. The molecule has 1 amide bonds. The summed E-state index contributed by atoms with van der Waals surface area (Å²) in [6, 6.07) is 19.2. The van der Waals surface area contributed by atoms with Crippen LogP contribution in [0, 0.1) is 6.92 Å². The summed E-state index contributed by atoms with van der Waals surface area (Å²) in [7, 11) is 0. The van der Waals surface area contributed by atoms with Crippen LogP contribution < -0.4 is 15.5 Å². The van der Waals surface area contributed by atoms with Crippen molar-refractivity contribution in [3.05, 3.63) is 77.4 Å². The molecule has 35 heavy (non-hydrogen) atoms. The summed E-state index contributed by atoms with van der Waals surface area (Å²) in [4.78, 5) is 23.8. The number of piperazine rings is 1. The van der Waals surface area contributed by atoms with E-state index >= 15 is 0 Å². The van der Waals surface area contributed by atoms with Gasteiger partial charge in [-0.3, -0.25) is 4.79 Å². The zero-order valence-corrected chi connectivity index (χ0v) is 21.2. The minimum Gasteiger partial charge on any atom is -0.355 e. The molecule has 182 valence electrons. The van der Waals surface area contributed by atoms with Gasteiger partial charge in [-0.1, -0.05) is 35.9 Å². The van der Waals surface area contributed by atoms with E-state index < -0.39 is 0 Å². The first kappa shape index (κ1) is 23.4. The minimum atomic E-state index is 0. The lowest BCUT2D eigenvalue weighted by Crippen LogP contribution is -2.43.